The third kappa shape index (κ3) is 5.20. The van der Waals surface area contributed by atoms with Crippen molar-refractivity contribution in [3.05, 3.63) is 70.2 Å². The molecule has 1 N–H and O–H groups in total. The van der Waals surface area contributed by atoms with Crippen LogP contribution < -0.4 is 0 Å². The number of hydrogen-bond donors (Lipinski definition) is 1. The normalized spacial score (nSPS) is 11.8. The summed E-state index contributed by atoms with van der Waals surface area (Å²) >= 11 is 3.42. The van der Waals surface area contributed by atoms with E-state index >= 15 is 0 Å². The number of rotatable bonds is 7. The van der Waals surface area contributed by atoms with Gasteiger partial charge in [0.15, 0.2) is 0 Å². The van der Waals surface area contributed by atoms with Crippen molar-refractivity contribution in [2.45, 2.75) is 25.8 Å². The maximum Gasteiger partial charge on any atom is 0.305 e. The Bertz CT molecular complexity index is 703. The fourth-order valence-electron chi connectivity index (χ4n) is 2.51. The highest BCUT2D eigenvalue weighted by atomic mass is 79.9. The molecule has 0 aliphatic carbocycles. The molecular weight excluding hydrogens is 370 g/mol. The maximum absolute atomic E-state index is 12.9. The molecule has 0 unspecified atom stereocenters. The molecule has 0 aliphatic rings. The Balaban J connectivity index is 2.18. The van der Waals surface area contributed by atoms with Gasteiger partial charge in [-0.1, -0.05) is 58.4 Å². The number of halogens is 1. The summed E-state index contributed by atoms with van der Waals surface area (Å²) in [6.07, 6.45) is -0.0682. The third-order valence-corrected chi connectivity index (χ3v) is 4.33. The number of amides is 1. The molecule has 0 radical (unpaired) electrons. The second-order valence-corrected chi connectivity index (χ2v) is 6.58. The lowest BCUT2D eigenvalue weighted by Gasteiger charge is -2.26. The van der Waals surface area contributed by atoms with Gasteiger partial charge in [0.05, 0.1) is 12.3 Å². The van der Waals surface area contributed by atoms with E-state index in [1.54, 1.807) is 4.90 Å². The van der Waals surface area contributed by atoms with Crippen LogP contribution in [0.25, 0.3) is 0 Å². The molecule has 2 rings (SSSR count). The molecule has 5 heteroatoms. The van der Waals surface area contributed by atoms with Gasteiger partial charge in [-0.15, -0.1) is 0 Å². The second-order valence-electron chi connectivity index (χ2n) is 5.67. The number of carbonyl (C=O) groups excluding carboxylic acids is 1. The van der Waals surface area contributed by atoms with Crippen molar-refractivity contribution in [3.8, 4) is 0 Å². The molecule has 24 heavy (non-hydrogen) atoms. The van der Waals surface area contributed by atoms with Gasteiger partial charge < -0.3 is 10.0 Å². The first kappa shape index (κ1) is 18.2. The van der Waals surface area contributed by atoms with Gasteiger partial charge in [0.1, 0.15) is 0 Å². The molecule has 0 saturated heterocycles. The Hall–Kier alpha value is -2.14. The molecule has 0 aromatic heterocycles. The van der Waals surface area contributed by atoms with E-state index in [1.165, 1.54) is 0 Å². The fraction of sp³-hybridized carbons (Fsp3) is 0.263. The lowest BCUT2D eigenvalue weighted by molar-refractivity contribution is -0.139. The molecule has 126 valence electrons. The van der Waals surface area contributed by atoms with Crippen LogP contribution >= 0.6 is 15.9 Å². The predicted octanol–water partition coefficient (Wildman–Crippen LogP) is 4.06. The summed E-state index contributed by atoms with van der Waals surface area (Å²) < 4.78 is 0.932. The molecule has 2 aromatic carbocycles. The highest BCUT2D eigenvalue weighted by Crippen LogP contribution is 2.20. The molecule has 4 nitrogen and oxygen atoms in total. The Morgan fingerprint density at radius 3 is 2.46 bits per heavy atom. The van der Waals surface area contributed by atoms with Crippen molar-refractivity contribution in [2.75, 3.05) is 6.54 Å². The third-order valence-electron chi connectivity index (χ3n) is 3.84. The van der Waals surface area contributed by atoms with Crippen molar-refractivity contribution in [2.24, 2.45) is 0 Å². The number of carboxylic acid groups (broad SMARTS) is 1. The minimum Gasteiger partial charge on any atom is -0.481 e. The molecule has 0 heterocycles. The summed E-state index contributed by atoms with van der Waals surface area (Å²) in [5.41, 5.74) is 1.89. The molecule has 1 atom stereocenters. The summed E-state index contributed by atoms with van der Waals surface area (Å²) in [5, 5.41) is 8.96. The van der Waals surface area contributed by atoms with Crippen LogP contribution in [0, 0.1) is 0 Å². The van der Waals surface area contributed by atoms with Gasteiger partial charge in [0.25, 0.3) is 0 Å². The van der Waals surface area contributed by atoms with E-state index in [9.17, 15) is 9.59 Å². The van der Waals surface area contributed by atoms with Gasteiger partial charge in [-0.3, -0.25) is 9.59 Å². The van der Waals surface area contributed by atoms with E-state index in [1.807, 2.05) is 61.5 Å². The largest absolute Gasteiger partial charge is 0.481 e. The molecule has 1 amide bonds. The number of carboxylic acids is 1. The molecule has 0 saturated carbocycles. The Labute approximate surface area is 150 Å². The SMILES string of the molecule is C[C@@H](C(=O)N(CCC(=O)O)Cc1cccc(Br)c1)c1ccccc1. The van der Waals surface area contributed by atoms with E-state index < -0.39 is 5.97 Å². The fourth-order valence-corrected chi connectivity index (χ4v) is 2.96. The molecule has 0 spiro atoms. The zero-order chi connectivity index (χ0) is 17.5. The standard InChI is InChI=1S/C19H20BrNO3/c1-14(16-7-3-2-4-8-16)19(24)21(11-10-18(22)23)13-15-6-5-9-17(20)12-15/h2-9,12,14H,10-11,13H2,1H3,(H,22,23)/t14-/m1/s1. The van der Waals surface area contributed by atoms with E-state index in [-0.39, 0.29) is 24.8 Å². The van der Waals surface area contributed by atoms with Gasteiger partial charge in [0.2, 0.25) is 5.91 Å². The Kier molecular flexibility index (Phi) is 6.55. The first-order valence-corrected chi connectivity index (χ1v) is 8.56. The van der Waals surface area contributed by atoms with Gasteiger partial charge in [-0.25, -0.2) is 0 Å². The molecular formula is C19H20BrNO3. The van der Waals surface area contributed by atoms with Crippen LogP contribution in [0.1, 0.15) is 30.4 Å². The summed E-state index contributed by atoms with van der Waals surface area (Å²) in [6.45, 7) is 2.44. The zero-order valence-electron chi connectivity index (χ0n) is 13.5. The highest BCUT2D eigenvalue weighted by Gasteiger charge is 2.22. The summed E-state index contributed by atoms with van der Waals surface area (Å²) in [5.74, 6) is -1.29. The van der Waals surface area contributed by atoms with Crippen LogP contribution in [-0.4, -0.2) is 28.4 Å². The summed E-state index contributed by atoms with van der Waals surface area (Å²) in [6, 6.07) is 17.2. The Morgan fingerprint density at radius 1 is 1.12 bits per heavy atom. The monoisotopic (exact) mass is 389 g/mol. The van der Waals surface area contributed by atoms with Crippen LogP contribution in [0.3, 0.4) is 0 Å². The zero-order valence-corrected chi connectivity index (χ0v) is 15.1. The van der Waals surface area contributed by atoms with Crippen LogP contribution in [0.2, 0.25) is 0 Å². The van der Waals surface area contributed by atoms with Crippen molar-refractivity contribution in [1.82, 2.24) is 4.90 Å². The van der Waals surface area contributed by atoms with Crippen molar-refractivity contribution in [3.63, 3.8) is 0 Å². The lowest BCUT2D eigenvalue weighted by atomic mass is 9.99. The van der Waals surface area contributed by atoms with Crippen molar-refractivity contribution >= 4 is 27.8 Å². The maximum atomic E-state index is 12.9. The van der Waals surface area contributed by atoms with Crippen LogP contribution in [0.4, 0.5) is 0 Å². The van der Waals surface area contributed by atoms with Gasteiger partial charge in [0, 0.05) is 17.6 Å². The number of aliphatic carboxylic acids is 1. The van der Waals surface area contributed by atoms with Gasteiger partial charge >= 0.3 is 5.97 Å². The Morgan fingerprint density at radius 2 is 1.83 bits per heavy atom. The topological polar surface area (TPSA) is 57.6 Å². The van der Waals surface area contributed by atoms with Crippen LogP contribution in [-0.2, 0) is 16.1 Å². The number of nitrogens with zero attached hydrogens (tertiary/aromatic N) is 1. The first-order chi connectivity index (χ1) is 11.5. The average molecular weight is 390 g/mol. The van der Waals surface area contributed by atoms with E-state index in [2.05, 4.69) is 15.9 Å². The minimum atomic E-state index is -0.908. The van der Waals surface area contributed by atoms with Gasteiger partial charge in [-0.2, -0.15) is 0 Å². The number of carbonyl (C=O) groups is 2. The van der Waals surface area contributed by atoms with Crippen molar-refractivity contribution in [1.29, 1.82) is 0 Å². The second kappa shape index (κ2) is 8.64. The molecule has 0 fully saturated rings. The van der Waals surface area contributed by atoms with E-state index in [4.69, 9.17) is 5.11 Å². The molecule has 0 bridgehead atoms. The van der Waals surface area contributed by atoms with Crippen molar-refractivity contribution < 1.29 is 14.7 Å². The molecule has 2 aromatic rings. The lowest BCUT2D eigenvalue weighted by Crippen LogP contribution is -2.35. The predicted molar refractivity (Wildman–Crippen MR) is 96.7 cm³/mol. The molecule has 0 aliphatic heterocycles. The van der Waals surface area contributed by atoms with E-state index in [0.717, 1.165) is 15.6 Å². The smallest absolute Gasteiger partial charge is 0.305 e. The van der Waals surface area contributed by atoms with Crippen LogP contribution in [0.5, 0.6) is 0 Å². The highest BCUT2D eigenvalue weighted by molar-refractivity contribution is 9.10. The average Bonchev–Trinajstić information content (AvgIpc) is 2.58. The summed E-state index contributed by atoms with van der Waals surface area (Å²) in [4.78, 5) is 25.4. The van der Waals surface area contributed by atoms with Crippen LogP contribution in [0.15, 0.2) is 59.1 Å². The first-order valence-electron chi connectivity index (χ1n) is 7.77. The quantitative estimate of drug-likeness (QED) is 0.776. The minimum absolute atomic E-state index is 0.0672. The van der Waals surface area contributed by atoms with E-state index in [0.29, 0.717) is 6.54 Å². The number of benzene rings is 2. The van der Waals surface area contributed by atoms with Gasteiger partial charge in [-0.05, 0) is 30.2 Å². The summed E-state index contributed by atoms with van der Waals surface area (Å²) in [7, 11) is 0. The number of hydrogen-bond acceptors (Lipinski definition) is 2.